The number of aryl methyl sites for hydroxylation is 1. The van der Waals surface area contributed by atoms with Crippen LogP contribution in [0.3, 0.4) is 0 Å². The number of hydrogen-bond acceptors (Lipinski definition) is 6. The molecule has 1 aromatic heterocycles. The first-order valence-electron chi connectivity index (χ1n) is 8.72. The number of amides is 1. The quantitative estimate of drug-likeness (QED) is 0.529. The van der Waals surface area contributed by atoms with Crippen molar-refractivity contribution >= 4 is 34.7 Å². The molecule has 0 saturated carbocycles. The average Bonchev–Trinajstić information content (AvgIpc) is 3.14. The number of anilines is 1. The Bertz CT molecular complexity index is 939. The van der Waals surface area contributed by atoms with Crippen LogP contribution in [0.4, 0.5) is 5.69 Å². The largest absolute Gasteiger partial charge is 0.493 e. The van der Waals surface area contributed by atoms with E-state index >= 15 is 0 Å². The van der Waals surface area contributed by atoms with Crippen LogP contribution < -0.4 is 14.8 Å². The monoisotopic (exact) mass is 414 g/mol. The highest BCUT2D eigenvalue weighted by molar-refractivity contribution is 8.00. The number of thioether (sulfide) groups is 1. The van der Waals surface area contributed by atoms with E-state index < -0.39 is 0 Å². The van der Waals surface area contributed by atoms with Gasteiger partial charge in [-0.15, -0.1) is 11.3 Å². The maximum atomic E-state index is 12.3. The Morgan fingerprint density at radius 2 is 1.86 bits per heavy atom. The number of rotatable bonds is 8. The number of ether oxygens (including phenoxy) is 2. The van der Waals surface area contributed by atoms with E-state index in [-0.39, 0.29) is 12.3 Å². The third-order valence-corrected chi connectivity index (χ3v) is 6.16. The Morgan fingerprint density at radius 3 is 2.57 bits per heavy atom. The highest BCUT2D eigenvalue weighted by Gasteiger charge is 2.11. The molecule has 0 atom stereocenters. The Kier molecular flexibility index (Phi) is 6.95. The van der Waals surface area contributed by atoms with Crippen LogP contribution in [-0.2, 0) is 17.0 Å². The molecule has 3 aromatic rings. The summed E-state index contributed by atoms with van der Waals surface area (Å²) in [5.41, 5.74) is 3.95. The molecular weight excluding hydrogens is 392 g/mol. The van der Waals surface area contributed by atoms with Gasteiger partial charge in [0.25, 0.3) is 0 Å². The van der Waals surface area contributed by atoms with Gasteiger partial charge in [0.15, 0.2) is 11.5 Å². The fraction of sp³-hybridized carbons (Fsp3) is 0.238. The first-order chi connectivity index (χ1) is 13.6. The maximum absolute atomic E-state index is 12.3. The molecule has 3 rings (SSSR count). The Balaban J connectivity index is 1.54. The van der Waals surface area contributed by atoms with Gasteiger partial charge in [0.1, 0.15) is 4.34 Å². The maximum Gasteiger partial charge on any atom is 0.230 e. The lowest BCUT2D eigenvalue weighted by Crippen LogP contribution is -2.14. The van der Waals surface area contributed by atoms with E-state index in [9.17, 15) is 4.79 Å². The standard InChI is InChI=1S/C21H22N2O3S2/c1-14-4-6-15(7-5-14)12-27-21-23-17(13-28-21)11-20(24)22-16-8-9-18(25-2)19(10-16)26-3/h4-10,13H,11-12H2,1-3H3,(H,22,24). The van der Waals surface area contributed by atoms with E-state index in [1.54, 1.807) is 55.5 Å². The van der Waals surface area contributed by atoms with Gasteiger partial charge in [-0.1, -0.05) is 41.6 Å². The van der Waals surface area contributed by atoms with Crippen molar-refractivity contribution in [2.75, 3.05) is 19.5 Å². The summed E-state index contributed by atoms with van der Waals surface area (Å²) in [5.74, 6) is 1.94. The number of nitrogens with one attached hydrogen (secondary N) is 1. The zero-order valence-corrected chi connectivity index (χ0v) is 17.7. The molecule has 0 saturated heterocycles. The second-order valence-corrected chi connectivity index (χ2v) is 8.25. The normalized spacial score (nSPS) is 10.5. The molecule has 0 fully saturated rings. The summed E-state index contributed by atoms with van der Waals surface area (Å²) in [4.78, 5) is 16.9. The minimum Gasteiger partial charge on any atom is -0.493 e. The van der Waals surface area contributed by atoms with E-state index in [0.717, 1.165) is 15.8 Å². The number of benzene rings is 2. The van der Waals surface area contributed by atoms with Gasteiger partial charge < -0.3 is 14.8 Å². The van der Waals surface area contributed by atoms with Gasteiger partial charge >= 0.3 is 0 Å². The van der Waals surface area contributed by atoms with E-state index in [1.165, 1.54) is 11.1 Å². The van der Waals surface area contributed by atoms with Crippen molar-refractivity contribution in [2.24, 2.45) is 0 Å². The molecule has 5 nitrogen and oxygen atoms in total. The lowest BCUT2D eigenvalue weighted by Gasteiger charge is -2.10. The number of aromatic nitrogens is 1. The SMILES string of the molecule is COc1ccc(NC(=O)Cc2csc(SCc3ccc(C)cc3)n2)cc1OC. The third kappa shape index (κ3) is 5.50. The molecule has 0 aliphatic carbocycles. The molecule has 0 spiro atoms. The molecule has 146 valence electrons. The highest BCUT2D eigenvalue weighted by Crippen LogP contribution is 2.30. The molecule has 2 aromatic carbocycles. The number of carbonyl (C=O) groups excluding carboxylic acids is 1. The van der Waals surface area contributed by atoms with Gasteiger partial charge in [-0.3, -0.25) is 4.79 Å². The predicted octanol–water partition coefficient (Wildman–Crippen LogP) is 4.94. The molecule has 7 heteroatoms. The topological polar surface area (TPSA) is 60.5 Å². The molecule has 0 aliphatic rings. The lowest BCUT2D eigenvalue weighted by atomic mass is 10.2. The van der Waals surface area contributed by atoms with Gasteiger partial charge in [0, 0.05) is 22.9 Å². The van der Waals surface area contributed by atoms with Crippen LogP contribution in [0.5, 0.6) is 11.5 Å². The van der Waals surface area contributed by atoms with E-state index in [4.69, 9.17) is 9.47 Å². The van der Waals surface area contributed by atoms with Gasteiger partial charge in [-0.25, -0.2) is 4.98 Å². The summed E-state index contributed by atoms with van der Waals surface area (Å²) >= 11 is 3.25. The second kappa shape index (κ2) is 9.61. The molecule has 0 unspecified atom stereocenters. The van der Waals surface area contributed by atoms with E-state index in [1.807, 2.05) is 5.38 Å². The Labute approximate surface area is 173 Å². The van der Waals surface area contributed by atoms with Crippen LogP contribution in [0.1, 0.15) is 16.8 Å². The van der Waals surface area contributed by atoms with Crippen molar-refractivity contribution in [3.8, 4) is 11.5 Å². The number of carbonyl (C=O) groups is 1. The van der Waals surface area contributed by atoms with Gasteiger partial charge in [-0.05, 0) is 24.6 Å². The molecule has 0 radical (unpaired) electrons. The van der Waals surface area contributed by atoms with Crippen molar-refractivity contribution in [2.45, 2.75) is 23.4 Å². The smallest absolute Gasteiger partial charge is 0.230 e. The van der Waals surface area contributed by atoms with Gasteiger partial charge in [0.2, 0.25) is 5.91 Å². The molecule has 28 heavy (non-hydrogen) atoms. The zero-order valence-electron chi connectivity index (χ0n) is 16.0. The summed E-state index contributed by atoms with van der Waals surface area (Å²) in [6.07, 6.45) is 0.232. The van der Waals surface area contributed by atoms with Crippen molar-refractivity contribution in [3.63, 3.8) is 0 Å². The molecule has 1 amide bonds. The first kappa shape index (κ1) is 20.2. The summed E-state index contributed by atoms with van der Waals surface area (Å²) in [6.45, 7) is 2.08. The molecule has 1 N–H and O–H groups in total. The molecule has 0 aliphatic heterocycles. The zero-order chi connectivity index (χ0) is 19.9. The second-order valence-electron chi connectivity index (χ2n) is 6.17. The molecular formula is C21H22N2O3S2. The molecule has 1 heterocycles. The lowest BCUT2D eigenvalue weighted by molar-refractivity contribution is -0.115. The van der Waals surface area contributed by atoms with Crippen LogP contribution in [0, 0.1) is 6.92 Å². The third-order valence-electron chi connectivity index (χ3n) is 4.02. The van der Waals surface area contributed by atoms with Gasteiger partial charge in [-0.2, -0.15) is 0 Å². The highest BCUT2D eigenvalue weighted by atomic mass is 32.2. The summed E-state index contributed by atoms with van der Waals surface area (Å²) < 4.78 is 11.4. The minimum absolute atomic E-state index is 0.118. The Morgan fingerprint density at radius 1 is 1.11 bits per heavy atom. The van der Waals surface area contributed by atoms with Crippen molar-refractivity contribution < 1.29 is 14.3 Å². The van der Waals surface area contributed by atoms with Crippen molar-refractivity contribution in [3.05, 3.63) is 64.7 Å². The fourth-order valence-electron chi connectivity index (χ4n) is 2.55. The Hall–Kier alpha value is -2.51. The van der Waals surface area contributed by atoms with Crippen molar-refractivity contribution in [1.82, 2.24) is 4.98 Å². The van der Waals surface area contributed by atoms with Gasteiger partial charge in [0.05, 0.1) is 26.3 Å². The average molecular weight is 415 g/mol. The van der Waals surface area contributed by atoms with Crippen LogP contribution >= 0.6 is 23.1 Å². The summed E-state index contributed by atoms with van der Waals surface area (Å²) in [6, 6.07) is 13.8. The summed E-state index contributed by atoms with van der Waals surface area (Å²) in [5, 5.41) is 4.81. The van der Waals surface area contributed by atoms with Crippen LogP contribution in [0.15, 0.2) is 52.2 Å². The number of methoxy groups -OCH3 is 2. The summed E-state index contributed by atoms with van der Waals surface area (Å²) in [7, 11) is 3.14. The van der Waals surface area contributed by atoms with Crippen LogP contribution in [0.2, 0.25) is 0 Å². The predicted molar refractivity (Wildman–Crippen MR) is 115 cm³/mol. The van der Waals surface area contributed by atoms with Crippen LogP contribution in [-0.4, -0.2) is 25.1 Å². The van der Waals surface area contributed by atoms with E-state index in [2.05, 4.69) is 41.5 Å². The van der Waals surface area contributed by atoms with Crippen LogP contribution in [0.25, 0.3) is 0 Å². The minimum atomic E-state index is -0.118. The fourth-order valence-corrected chi connectivity index (χ4v) is 4.35. The first-order valence-corrected chi connectivity index (χ1v) is 10.6. The number of hydrogen-bond donors (Lipinski definition) is 1. The molecule has 0 bridgehead atoms. The number of thiazole rings is 1. The van der Waals surface area contributed by atoms with Crippen molar-refractivity contribution in [1.29, 1.82) is 0 Å². The van der Waals surface area contributed by atoms with E-state index in [0.29, 0.717) is 17.2 Å². The number of nitrogens with zero attached hydrogens (tertiary/aromatic N) is 1.